The van der Waals surface area contributed by atoms with Gasteiger partial charge in [-0.3, -0.25) is 4.79 Å². The average Bonchev–Trinajstić information content (AvgIpc) is 3.10. The van der Waals surface area contributed by atoms with Crippen LogP contribution in [0.1, 0.15) is 38.6 Å². The molecule has 5 nitrogen and oxygen atoms in total. The summed E-state index contributed by atoms with van der Waals surface area (Å²) in [6.07, 6.45) is 5.70. The van der Waals surface area contributed by atoms with E-state index >= 15 is 0 Å². The molecule has 1 aromatic rings. The summed E-state index contributed by atoms with van der Waals surface area (Å²) in [5.74, 6) is 1.61. The highest BCUT2D eigenvalue weighted by Gasteiger charge is 2.30. The number of carbonyl (C=O) groups excluding carboxylic acids is 1. The Morgan fingerprint density at radius 3 is 2.95 bits per heavy atom. The second kappa shape index (κ2) is 7.50. The van der Waals surface area contributed by atoms with Crippen LogP contribution in [0, 0.1) is 5.92 Å². The second-order valence-electron chi connectivity index (χ2n) is 4.99. The summed E-state index contributed by atoms with van der Waals surface area (Å²) in [6.45, 7) is 3.03. The van der Waals surface area contributed by atoms with Crippen molar-refractivity contribution in [1.82, 2.24) is 15.1 Å². The predicted molar refractivity (Wildman–Crippen MR) is 78.7 cm³/mol. The molecule has 1 aromatic heterocycles. The molecule has 0 bridgehead atoms. The number of hydrogen-bond acceptors (Lipinski definition) is 3. The van der Waals surface area contributed by atoms with Gasteiger partial charge in [-0.15, -0.1) is 12.4 Å². The molecule has 1 amide bonds. The van der Waals surface area contributed by atoms with Gasteiger partial charge >= 0.3 is 0 Å². The molecule has 0 aliphatic heterocycles. The van der Waals surface area contributed by atoms with E-state index in [9.17, 15) is 4.79 Å². The van der Waals surface area contributed by atoms with Gasteiger partial charge in [-0.25, -0.2) is 4.68 Å². The third kappa shape index (κ3) is 4.51. The smallest absolute Gasteiger partial charge is 0.225 e. The van der Waals surface area contributed by atoms with Crippen molar-refractivity contribution in [3.05, 3.63) is 12.3 Å². The molecule has 1 aliphatic rings. The number of carbonyl (C=O) groups is 1. The minimum Gasteiger partial charge on any atom is -0.320 e. The number of anilines is 1. The van der Waals surface area contributed by atoms with Crippen LogP contribution in [-0.4, -0.2) is 29.3 Å². The lowest BCUT2D eigenvalue weighted by atomic mass is 10.2. The van der Waals surface area contributed by atoms with Crippen LogP contribution in [0.2, 0.25) is 0 Å². The Balaban J connectivity index is 0.00000180. The minimum atomic E-state index is 0. The normalized spacial score (nSPS) is 15.7. The van der Waals surface area contributed by atoms with Gasteiger partial charge in [0.1, 0.15) is 5.82 Å². The lowest BCUT2D eigenvalue weighted by Gasteiger charge is -2.15. The number of halogens is 1. The number of nitrogens with zero attached hydrogens (tertiary/aromatic N) is 2. The maximum absolute atomic E-state index is 11.8. The molecule has 2 rings (SSSR count). The van der Waals surface area contributed by atoms with Crippen LogP contribution >= 0.6 is 12.4 Å². The van der Waals surface area contributed by atoms with E-state index in [2.05, 4.69) is 22.7 Å². The molecule has 2 N–H and O–H groups in total. The third-order valence-corrected chi connectivity index (χ3v) is 3.46. The standard InChI is InChI=1S/C13H22N4O.ClH/c1-10(11-5-6-11)17-12(7-9-15-17)16-13(18)4-3-8-14-2;/h7,9-11,14H,3-6,8H2,1-2H3,(H,16,18);1H. The van der Waals surface area contributed by atoms with Crippen LogP contribution in [0.5, 0.6) is 0 Å². The van der Waals surface area contributed by atoms with E-state index in [1.54, 1.807) is 6.20 Å². The Morgan fingerprint density at radius 1 is 1.58 bits per heavy atom. The van der Waals surface area contributed by atoms with Gasteiger partial charge in [0.15, 0.2) is 0 Å². The summed E-state index contributed by atoms with van der Waals surface area (Å²) in [5.41, 5.74) is 0. The summed E-state index contributed by atoms with van der Waals surface area (Å²) >= 11 is 0. The molecule has 1 atom stereocenters. The van der Waals surface area contributed by atoms with Gasteiger partial charge in [-0.2, -0.15) is 5.10 Å². The van der Waals surface area contributed by atoms with Gasteiger partial charge in [-0.05, 0) is 45.7 Å². The first-order valence-electron chi connectivity index (χ1n) is 6.70. The highest BCUT2D eigenvalue weighted by Crippen LogP contribution is 2.40. The number of aromatic nitrogens is 2. The molecule has 1 unspecified atom stereocenters. The Bertz CT molecular complexity index is 403. The van der Waals surface area contributed by atoms with Gasteiger partial charge in [0.25, 0.3) is 0 Å². The molecule has 0 saturated heterocycles. The molecule has 108 valence electrons. The highest BCUT2D eigenvalue weighted by atomic mass is 35.5. The minimum absolute atomic E-state index is 0. The Morgan fingerprint density at radius 2 is 2.32 bits per heavy atom. The molecule has 1 saturated carbocycles. The first-order chi connectivity index (χ1) is 8.72. The van der Waals surface area contributed by atoms with Gasteiger partial charge < -0.3 is 10.6 Å². The van der Waals surface area contributed by atoms with E-state index < -0.39 is 0 Å². The SMILES string of the molecule is CNCCCC(=O)Nc1ccnn1C(C)C1CC1.Cl. The molecule has 0 radical (unpaired) electrons. The van der Waals surface area contributed by atoms with E-state index in [1.165, 1.54) is 12.8 Å². The van der Waals surface area contributed by atoms with E-state index in [4.69, 9.17) is 0 Å². The zero-order valence-electron chi connectivity index (χ0n) is 11.6. The monoisotopic (exact) mass is 286 g/mol. The van der Waals surface area contributed by atoms with Crippen LogP contribution in [0.4, 0.5) is 5.82 Å². The Kier molecular flexibility index (Phi) is 6.31. The van der Waals surface area contributed by atoms with Crippen molar-refractivity contribution < 1.29 is 4.79 Å². The third-order valence-electron chi connectivity index (χ3n) is 3.46. The van der Waals surface area contributed by atoms with E-state index in [0.717, 1.165) is 24.7 Å². The zero-order chi connectivity index (χ0) is 13.0. The van der Waals surface area contributed by atoms with Crippen molar-refractivity contribution in [2.45, 2.75) is 38.6 Å². The summed E-state index contributed by atoms with van der Waals surface area (Å²) < 4.78 is 1.94. The fourth-order valence-electron chi connectivity index (χ4n) is 2.15. The average molecular weight is 287 g/mol. The van der Waals surface area contributed by atoms with Crippen molar-refractivity contribution in [2.75, 3.05) is 18.9 Å². The predicted octanol–water partition coefficient (Wildman–Crippen LogP) is 2.21. The molecule has 0 aromatic carbocycles. The van der Waals surface area contributed by atoms with E-state index in [0.29, 0.717) is 12.5 Å². The van der Waals surface area contributed by atoms with Crippen LogP contribution in [0.15, 0.2) is 12.3 Å². The van der Waals surface area contributed by atoms with Crippen molar-refractivity contribution in [3.8, 4) is 0 Å². The maximum atomic E-state index is 11.8. The van der Waals surface area contributed by atoms with Crippen LogP contribution < -0.4 is 10.6 Å². The van der Waals surface area contributed by atoms with Gasteiger partial charge in [0.05, 0.1) is 12.2 Å². The first-order valence-corrected chi connectivity index (χ1v) is 6.70. The molecule has 0 spiro atoms. The number of amides is 1. The van der Waals surface area contributed by atoms with Crippen LogP contribution in [0.3, 0.4) is 0 Å². The van der Waals surface area contributed by atoms with Crippen molar-refractivity contribution >= 4 is 24.1 Å². The molecule has 1 fully saturated rings. The molecule has 6 heteroatoms. The largest absolute Gasteiger partial charge is 0.320 e. The molecular formula is C13H23ClN4O. The quantitative estimate of drug-likeness (QED) is 0.756. The Labute approximate surface area is 120 Å². The second-order valence-corrected chi connectivity index (χ2v) is 4.99. The first kappa shape index (κ1) is 16.0. The summed E-state index contributed by atoms with van der Waals surface area (Å²) in [5, 5.41) is 10.3. The fourth-order valence-corrected chi connectivity index (χ4v) is 2.15. The Hall–Kier alpha value is -1.07. The summed E-state index contributed by atoms with van der Waals surface area (Å²) in [4.78, 5) is 11.8. The highest BCUT2D eigenvalue weighted by molar-refractivity contribution is 5.89. The maximum Gasteiger partial charge on any atom is 0.225 e. The number of nitrogens with one attached hydrogen (secondary N) is 2. The lowest BCUT2D eigenvalue weighted by molar-refractivity contribution is -0.116. The van der Waals surface area contributed by atoms with Gasteiger partial charge in [-0.1, -0.05) is 0 Å². The topological polar surface area (TPSA) is 59.0 Å². The number of rotatable bonds is 7. The van der Waals surface area contributed by atoms with Crippen molar-refractivity contribution in [2.24, 2.45) is 5.92 Å². The van der Waals surface area contributed by atoms with Crippen molar-refractivity contribution in [3.63, 3.8) is 0 Å². The molecule has 19 heavy (non-hydrogen) atoms. The van der Waals surface area contributed by atoms with E-state index in [1.807, 2.05) is 17.8 Å². The molecule has 1 aliphatic carbocycles. The van der Waals surface area contributed by atoms with Crippen molar-refractivity contribution in [1.29, 1.82) is 0 Å². The van der Waals surface area contributed by atoms with Crippen LogP contribution in [0.25, 0.3) is 0 Å². The summed E-state index contributed by atoms with van der Waals surface area (Å²) in [6, 6.07) is 2.25. The van der Waals surface area contributed by atoms with Crippen LogP contribution in [-0.2, 0) is 4.79 Å². The fraction of sp³-hybridized carbons (Fsp3) is 0.692. The number of hydrogen-bond donors (Lipinski definition) is 2. The molecular weight excluding hydrogens is 264 g/mol. The molecule has 1 heterocycles. The summed E-state index contributed by atoms with van der Waals surface area (Å²) in [7, 11) is 1.89. The lowest BCUT2D eigenvalue weighted by Crippen LogP contribution is -2.19. The van der Waals surface area contributed by atoms with Gasteiger partial charge in [0.2, 0.25) is 5.91 Å². The zero-order valence-corrected chi connectivity index (χ0v) is 12.4. The van der Waals surface area contributed by atoms with E-state index in [-0.39, 0.29) is 18.3 Å². The van der Waals surface area contributed by atoms with Gasteiger partial charge in [0, 0.05) is 12.5 Å².